The number of hydrogen-bond donors (Lipinski definition) is 1. The van der Waals surface area contributed by atoms with E-state index in [9.17, 15) is 4.79 Å². The van der Waals surface area contributed by atoms with Crippen molar-refractivity contribution in [2.24, 2.45) is 5.92 Å². The largest absolute Gasteiger partial charge is 0.460 e. The number of fused-ring (bicyclic) bond motifs is 1. The van der Waals surface area contributed by atoms with E-state index in [0.29, 0.717) is 18.6 Å². The van der Waals surface area contributed by atoms with Crippen LogP contribution in [-0.2, 0) is 16.1 Å². The van der Waals surface area contributed by atoms with E-state index >= 15 is 0 Å². The molecule has 3 nitrogen and oxygen atoms in total. The topological polar surface area (TPSA) is 38.3 Å². The Kier molecular flexibility index (Phi) is 3.83. The molecule has 102 valence electrons. The maximum absolute atomic E-state index is 12.1. The standard InChI is InChI=1S/C16H21NO2/c18-16(19-11-12-6-2-1-3-7-12)15-10-13-8-4-5-9-14(13)17-15/h1-3,6-7,13-15,17H,4-5,8-11H2. The highest BCUT2D eigenvalue weighted by molar-refractivity contribution is 5.76. The number of esters is 1. The van der Waals surface area contributed by atoms with E-state index in [1.165, 1.54) is 25.7 Å². The average molecular weight is 259 g/mol. The first-order chi connectivity index (χ1) is 9.33. The molecule has 0 aromatic heterocycles. The van der Waals surface area contributed by atoms with Gasteiger partial charge in [0.05, 0.1) is 0 Å². The van der Waals surface area contributed by atoms with Crippen molar-refractivity contribution >= 4 is 5.97 Å². The molecule has 1 aromatic rings. The molecule has 2 aliphatic rings. The van der Waals surface area contributed by atoms with Crippen LogP contribution >= 0.6 is 0 Å². The van der Waals surface area contributed by atoms with Gasteiger partial charge in [-0.05, 0) is 30.7 Å². The van der Waals surface area contributed by atoms with Gasteiger partial charge in [0.1, 0.15) is 12.6 Å². The average Bonchev–Trinajstić information content (AvgIpc) is 2.90. The molecular weight excluding hydrogens is 238 g/mol. The summed E-state index contributed by atoms with van der Waals surface area (Å²) in [6.07, 6.45) is 6.04. The second kappa shape index (κ2) is 5.74. The van der Waals surface area contributed by atoms with Crippen molar-refractivity contribution < 1.29 is 9.53 Å². The van der Waals surface area contributed by atoms with Crippen LogP contribution in [0.25, 0.3) is 0 Å². The maximum Gasteiger partial charge on any atom is 0.323 e. The Morgan fingerprint density at radius 3 is 2.79 bits per heavy atom. The molecular formula is C16H21NO2. The summed E-state index contributed by atoms with van der Waals surface area (Å²) < 4.78 is 5.42. The molecule has 0 bridgehead atoms. The zero-order valence-electron chi connectivity index (χ0n) is 11.2. The molecule has 1 aromatic carbocycles. The van der Waals surface area contributed by atoms with Crippen LogP contribution in [-0.4, -0.2) is 18.1 Å². The number of carbonyl (C=O) groups is 1. The van der Waals surface area contributed by atoms with Gasteiger partial charge in [0.2, 0.25) is 0 Å². The van der Waals surface area contributed by atoms with Crippen molar-refractivity contribution in [1.82, 2.24) is 5.32 Å². The number of ether oxygens (including phenoxy) is 1. The molecule has 0 radical (unpaired) electrons. The van der Waals surface area contributed by atoms with Gasteiger partial charge in [-0.1, -0.05) is 43.2 Å². The van der Waals surface area contributed by atoms with E-state index in [4.69, 9.17) is 4.74 Å². The highest BCUT2D eigenvalue weighted by Crippen LogP contribution is 2.33. The van der Waals surface area contributed by atoms with Gasteiger partial charge in [0.25, 0.3) is 0 Å². The van der Waals surface area contributed by atoms with Crippen molar-refractivity contribution in [3.63, 3.8) is 0 Å². The first-order valence-corrected chi connectivity index (χ1v) is 7.29. The SMILES string of the molecule is O=C(OCc1ccccc1)C1CC2CCCCC2N1. The molecule has 1 heterocycles. The zero-order valence-corrected chi connectivity index (χ0v) is 11.2. The molecule has 1 saturated carbocycles. The number of benzene rings is 1. The summed E-state index contributed by atoms with van der Waals surface area (Å²) in [6.45, 7) is 0.382. The minimum absolute atomic E-state index is 0.0850. The summed E-state index contributed by atoms with van der Waals surface area (Å²) in [5, 5.41) is 3.45. The number of rotatable bonds is 3. The van der Waals surface area contributed by atoms with Gasteiger partial charge in [0.15, 0.2) is 0 Å². The van der Waals surface area contributed by atoms with Crippen LogP contribution in [0, 0.1) is 5.92 Å². The van der Waals surface area contributed by atoms with Gasteiger partial charge in [-0.15, -0.1) is 0 Å². The molecule has 2 fully saturated rings. The zero-order chi connectivity index (χ0) is 13.1. The normalized spacial score (nSPS) is 29.8. The Bertz CT molecular complexity index is 418. The lowest BCUT2D eigenvalue weighted by molar-refractivity contribution is -0.147. The van der Waals surface area contributed by atoms with E-state index in [0.717, 1.165) is 12.0 Å². The molecule has 3 unspecified atom stereocenters. The summed E-state index contributed by atoms with van der Waals surface area (Å²) in [5.41, 5.74) is 1.05. The van der Waals surface area contributed by atoms with E-state index in [1.807, 2.05) is 30.3 Å². The van der Waals surface area contributed by atoms with Gasteiger partial charge in [-0.2, -0.15) is 0 Å². The predicted molar refractivity (Wildman–Crippen MR) is 73.5 cm³/mol. The van der Waals surface area contributed by atoms with Crippen molar-refractivity contribution in [2.45, 2.75) is 50.8 Å². The lowest BCUT2D eigenvalue weighted by atomic mass is 9.85. The van der Waals surface area contributed by atoms with Crippen LogP contribution in [0.1, 0.15) is 37.7 Å². The number of hydrogen-bond acceptors (Lipinski definition) is 3. The van der Waals surface area contributed by atoms with E-state index in [2.05, 4.69) is 5.32 Å². The Balaban J connectivity index is 1.51. The van der Waals surface area contributed by atoms with Crippen LogP contribution in [0.2, 0.25) is 0 Å². The first-order valence-electron chi connectivity index (χ1n) is 7.29. The summed E-state index contributed by atoms with van der Waals surface area (Å²) in [4.78, 5) is 12.1. The van der Waals surface area contributed by atoms with Crippen LogP contribution < -0.4 is 5.32 Å². The summed E-state index contributed by atoms with van der Waals surface area (Å²) >= 11 is 0. The minimum atomic E-state index is -0.0863. The summed E-state index contributed by atoms with van der Waals surface area (Å²) in [7, 11) is 0. The van der Waals surface area contributed by atoms with Crippen molar-refractivity contribution in [1.29, 1.82) is 0 Å². The number of nitrogens with one attached hydrogen (secondary N) is 1. The third-order valence-electron chi connectivity index (χ3n) is 4.37. The van der Waals surface area contributed by atoms with Crippen LogP contribution in [0.4, 0.5) is 0 Å². The van der Waals surface area contributed by atoms with Crippen LogP contribution in [0.5, 0.6) is 0 Å². The van der Waals surface area contributed by atoms with E-state index < -0.39 is 0 Å². The van der Waals surface area contributed by atoms with Gasteiger partial charge < -0.3 is 10.1 Å². The monoisotopic (exact) mass is 259 g/mol. The highest BCUT2D eigenvalue weighted by Gasteiger charge is 2.38. The van der Waals surface area contributed by atoms with Crippen molar-refractivity contribution in [3.8, 4) is 0 Å². The van der Waals surface area contributed by atoms with Crippen LogP contribution in [0.3, 0.4) is 0 Å². The Hall–Kier alpha value is -1.35. The Labute approximate surface area is 114 Å². The Morgan fingerprint density at radius 2 is 2.00 bits per heavy atom. The molecule has 0 spiro atoms. The third-order valence-corrected chi connectivity index (χ3v) is 4.37. The Morgan fingerprint density at radius 1 is 1.21 bits per heavy atom. The molecule has 3 heteroatoms. The third kappa shape index (κ3) is 2.98. The van der Waals surface area contributed by atoms with Gasteiger partial charge in [0, 0.05) is 6.04 Å². The van der Waals surface area contributed by atoms with Crippen molar-refractivity contribution in [2.75, 3.05) is 0 Å². The van der Waals surface area contributed by atoms with Crippen molar-refractivity contribution in [3.05, 3.63) is 35.9 Å². The molecule has 3 rings (SSSR count). The fourth-order valence-electron chi connectivity index (χ4n) is 3.33. The quantitative estimate of drug-likeness (QED) is 0.848. The molecule has 0 amide bonds. The summed E-state index contributed by atoms with van der Waals surface area (Å²) in [6, 6.07) is 10.3. The molecule has 1 N–H and O–H groups in total. The number of carbonyl (C=O) groups excluding carboxylic acids is 1. The fourth-order valence-corrected chi connectivity index (χ4v) is 3.33. The molecule has 3 atom stereocenters. The lowest BCUT2D eigenvalue weighted by Gasteiger charge is -2.24. The van der Waals surface area contributed by atoms with Gasteiger partial charge in [-0.25, -0.2) is 0 Å². The summed E-state index contributed by atoms with van der Waals surface area (Å²) in [5.74, 6) is 0.598. The fraction of sp³-hybridized carbons (Fsp3) is 0.562. The molecule has 1 aliphatic heterocycles. The maximum atomic E-state index is 12.1. The molecule has 1 aliphatic carbocycles. The van der Waals surface area contributed by atoms with Gasteiger partial charge >= 0.3 is 5.97 Å². The highest BCUT2D eigenvalue weighted by atomic mass is 16.5. The second-order valence-corrected chi connectivity index (χ2v) is 5.70. The van der Waals surface area contributed by atoms with E-state index in [1.54, 1.807) is 0 Å². The molecule has 19 heavy (non-hydrogen) atoms. The predicted octanol–water partition coefficient (Wildman–Crippen LogP) is 2.65. The van der Waals surface area contributed by atoms with E-state index in [-0.39, 0.29) is 12.0 Å². The minimum Gasteiger partial charge on any atom is -0.460 e. The molecule has 1 saturated heterocycles. The van der Waals surface area contributed by atoms with Crippen LogP contribution in [0.15, 0.2) is 30.3 Å². The lowest BCUT2D eigenvalue weighted by Crippen LogP contribution is -2.37. The van der Waals surface area contributed by atoms with Gasteiger partial charge in [-0.3, -0.25) is 4.79 Å². The smallest absolute Gasteiger partial charge is 0.323 e. The first kappa shape index (κ1) is 12.7. The second-order valence-electron chi connectivity index (χ2n) is 5.70.